The maximum atomic E-state index is 11.9. The van der Waals surface area contributed by atoms with Crippen LogP contribution in [0.3, 0.4) is 0 Å². The molecule has 1 heterocycles. The van der Waals surface area contributed by atoms with E-state index in [4.69, 9.17) is 4.74 Å². The molecule has 104 valence electrons. The Balaban J connectivity index is 1.71. The third kappa shape index (κ3) is 4.22. The third-order valence-corrected chi connectivity index (χ3v) is 3.23. The number of rotatable bonds is 5. The Morgan fingerprint density at radius 2 is 2.16 bits per heavy atom. The van der Waals surface area contributed by atoms with Crippen LogP contribution in [-0.2, 0) is 11.2 Å². The number of carbonyl (C=O) groups is 1. The van der Waals surface area contributed by atoms with Crippen LogP contribution in [0.4, 0.5) is 0 Å². The topological polar surface area (TPSA) is 62.4 Å². The summed E-state index contributed by atoms with van der Waals surface area (Å²) in [6.45, 7) is 3.13. The van der Waals surface area contributed by atoms with Gasteiger partial charge in [-0.15, -0.1) is 0 Å². The van der Waals surface area contributed by atoms with E-state index in [1.165, 1.54) is 5.56 Å². The van der Waals surface area contributed by atoms with Crippen LogP contribution in [0.25, 0.3) is 0 Å². The summed E-state index contributed by atoms with van der Waals surface area (Å²) in [5.41, 5.74) is 1.19. The van der Waals surface area contributed by atoms with Crippen LogP contribution in [0, 0.1) is 0 Å². The third-order valence-electron chi connectivity index (χ3n) is 3.23. The van der Waals surface area contributed by atoms with Crippen LogP contribution in [0.2, 0.25) is 0 Å². The number of hydrogen-bond acceptors (Lipinski definition) is 4. The van der Waals surface area contributed by atoms with Crippen LogP contribution in [0.5, 0.6) is 5.75 Å². The van der Waals surface area contributed by atoms with Crippen LogP contribution >= 0.6 is 0 Å². The van der Waals surface area contributed by atoms with Gasteiger partial charge in [0.2, 0.25) is 5.91 Å². The van der Waals surface area contributed by atoms with E-state index in [0.29, 0.717) is 13.1 Å². The van der Waals surface area contributed by atoms with Gasteiger partial charge >= 0.3 is 0 Å². The minimum Gasteiger partial charge on any atom is -0.497 e. The molecule has 0 radical (unpaired) electrons. The zero-order chi connectivity index (χ0) is 13.5. The fourth-order valence-corrected chi connectivity index (χ4v) is 2.08. The highest BCUT2D eigenvalue weighted by Crippen LogP contribution is 2.11. The largest absolute Gasteiger partial charge is 0.497 e. The molecule has 1 aromatic carbocycles. The highest BCUT2D eigenvalue weighted by molar-refractivity contribution is 5.82. The van der Waals surface area contributed by atoms with Crippen molar-refractivity contribution in [2.75, 3.05) is 33.3 Å². The Morgan fingerprint density at radius 1 is 1.37 bits per heavy atom. The minimum absolute atomic E-state index is 0.0701. The lowest BCUT2D eigenvalue weighted by Crippen LogP contribution is -2.55. The molecule has 0 saturated carbocycles. The van der Waals surface area contributed by atoms with Gasteiger partial charge in [0.15, 0.2) is 0 Å². The molecule has 0 aliphatic carbocycles. The van der Waals surface area contributed by atoms with Crippen LogP contribution in [0.1, 0.15) is 5.56 Å². The van der Waals surface area contributed by atoms with Crippen molar-refractivity contribution in [3.8, 4) is 5.75 Å². The molecular formula is C14H21N3O2. The Kier molecular flexibility index (Phi) is 5.18. The number of benzene rings is 1. The molecule has 1 aliphatic rings. The summed E-state index contributed by atoms with van der Waals surface area (Å²) in [5.74, 6) is 0.922. The summed E-state index contributed by atoms with van der Waals surface area (Å²) in [6.07, 6.45) is 0.829. The SMILES string of the molecule is COc1ccc(CCNC(=O)C2CNCCN2)cc1. The molecule has 1 aliphatic heterocycles. The molecular weight excluding hydrogens is 242 g/mol. The molecule has 5 nitrogen and oxygen atoms in total. The molecule has 1 saturated heterocycles. The van der Waals surface area contributed by atoms with Crippen molar-refractivity contribution in [1.29, 1.82) is 0 Å². The van der Waals surface area contributed by atoms with Gasteiger partial charge in [-0.1, -0.05) is 12.1 Å². The van der Waals surface area contributed by atoms with E-state index in [0.717, 1.165) is 25.3 Å². The van der Waals surface area contributed by atoms with E-state index in [1.807, 2.05) is 24.3 Å². The number of nitrogens with one attached hydrogen (secondary N) is 3. The molecule has 1 atom stereocenters. The Morgan fingerprint density at radius 3 is 2.79 bits per heavy atom. The Labute approximate surface area is 113 Å². The summed E-state index contributed by atoms with van der Waals surface area (Å²) >= 11 is 0. The predicted octanol–water partition coefficient (Wildman–Crippen LogP) is -0.0847. The van der Waals surface area contributed by atoms with E-state index in [9.17, 15) is 4.79 Å². The highest BCUT2D eigenvalue weighted by atomic mass is 16.5. The van der Waals surface area contributed by atoms with Gasteiger partial charge < -0.3 is 20.7 Å². The van der Waals surface area contributed by atoms with Crippen molar-refractivity contribution in [2.45, 2.75) is 12.5 Å². The lowest BCUT2D eigenvalue weighted by Gasteiger charge is -2.23. The lowest BCUT2D eigenvalue weighted by atomic mass is 10.1. The summed E-state index contributed by atoms with van der Waals surface area (Å²) in [5, 5.41) is 9.35. The van der Waals surface area contributed by atoms with Gasteiger partial charge in [0.05, 0.1) is 13.2 Å². The molecule has 1 unspecified atom stereocenters. The quantitative estimate of drug-likeness (QED) is 0.695. The molecule has 19 heavy (non-hydrogen) atoms. The monoisotopic (exact) mass is 263 g/mol. The van der Waals surface area contributed by atoms with Crippen molar-refractivity contribution in [3.05, 3.63) is 29.8 Å². The van der Waals surface area contributed by atoms with Gasteiger partial charge in [-0.3, -0.25) is 4.79 Å². The van der Waals surface area contributed by atoms with Gasteiger partial charge in [-0.2, -0.15) is 0 Å². The maximum Gasteiger partial charge on any atom is 0.238 e. The summed E-state index contributed by atoms with van der Waals surface area (Å²) in [6, 6.07) is 7.80. The number of methoxy groups -OCH3 is 1. The van der Waals surface area contributed by atoms with Crippen molar-refractivity contribution < 1.29 is 9.53 Å². The van der Waals surface area contributed by atoms with Gasteiger partial charge in [-0.25, -0.2) is 0 Å². The van der Waals surface area contributed by atoms with Crippen LogP contribution in [-0.4, -0.2) is 45.2 Å². The Hall–Kier alpha value is -1.59. The lowest BCUT2D eigenvalue weighted by molar-refractivity contribution is -0.123. The smallest absolute Gasteiger partial charge is 0.238 e. The molecule has 0 bridgehead atoms. The number of piperazine rings is 1. The van der Waals surface area contributed by atoms with E-state index >= 15 is 0 Å². The fourth-order valence-electron chi connectivity index (χ4n) is 2.08. The fraction of sp³-hybridized carbons (Fsp3) is 0.500. The zero-order valence-corrected chi connectivity index (χ0v) is 11.2. The molecule has 2 rings (SSSR count). The average molecular weight is 263 g/mol. The molecule has 0 aromatic heterocycles. The molecule has 3 N–H and O–H groups in total. The van der Waals surface area contributed by atoms with Crippen molar-refractivity contribution in [2.24, 2.45) is 0 Å². The molecule has 1 fully saturated rings. The first-order valence-electron chi connectivity index (χ1n) is 6.64. The summed E-state index contributed by atoms with van der Waals surface area (Å²) in [7, 11) is 1.65. The number of amides is 1. The van der Waals surface area contributed by atoms with Crippen molar-refractivity contribution in [3.63, 3.8) is 0 Å². The molecule has 1 amide bonds. The van der Waals surface area contributed by atoms with Gasteiger partial charge in [-0.05, 0) is 24.1 Å². The predicted molar refractivity (Wildman–Crippen MR) is 74.4 cm³/mol. The second kappa shape index (κ2) is 7.11. The van der Waals surface area contributed by atoms with Crippen molar-refractivity contribution in [1.82, 2.24) is 16.0 Å². The van der Waals surface area contributed by atoms with E-state index in [1.54, 1.807) is 7.11 Å². The maximum absolute atomic E-state index is 11.9. The van der Waals surface area contributed by atoms with Crippen LogP contribution in [0.15, 0.2) is 24.3 Å². The zero-order valence-electron chi connectivity index (χ0n) is 11.2. The molecule has 0 spiro atoms. The van der Waals surface area contributed by atoms with E-state index in [-0.39, 0.29) is 11.9 Å². The first-order chi connectivity index (χ1) is 9.29. The second-order valence-electron chi connectivity index (χ2n) is 4.60. The minimum atomic E-state index is -0.107. The summed E-state index contributed by atoms with van der Waals surface area (Å²) in [4.78, 5) is 11.9. The molecule has 1 aromatic rings. The standard InChI is InChI=1S/C14H21N3O2/c1-19-12-4-2-11(3-5-12)6-7-17-14(18)13-10-15-8-9-16-13/h2-5,13,15-16H,6-10H2,1H3,(H,17,18). The van der Waals surface area contributed by atoms with E-state index in [2.05, 4.69) is 16.0 Å². The van der Waals surface area contributed by atoms with Crippen LogP contribution < -0.4 is 20.7 Å². The number of hydrogen-bond donors (Lipinski definition) is 3. The average Bonchev–Trinajstić information content (AvgIpc) is 2.49. The molecule has 5 heteroatoms. The Bertz CT molecular complexity index is 400. The normalized spacial score (nSPS) is 18.9. The van der Waals surface area contributed by atoms with E-state index < -0.39 is 0 Å². The first-order valence-corrected chi connectivity index (χ1v) is 6.64. The van der Waals surface area contributed by atoms with Crippen molar-refractivity contribution >= 4 is 5.91 Å². The van der Waals surface area contributed by atoms with Gasteiger partial charge in [0.25, 0.3) is 0 Å². The van der Waals surface area contributed by atoms with Gasteiger partial charge in [0, 0.05) is 26.2 Å². The summed E-state index contributed by atoms with van der Waals surface area (Å²) < 4.78 is 5.11. The van der Waals surface area contributed by atoms with Gasteiger partial charge in [0.1, 0.15) is 5.75 Å². The second-order valence-corrected chi connectivity index (χ2v) is 4.60. The number of ether oxygens (including phenoxy) is 1. The first kappa shape index (κ1) is 13.8. The highest BCUT2D eigenvalue weighted by Gasteiger charge is 2.19. The number of carbonyl (C=O) groups excluding carboxylic acids is 1.